The molecular weight excluding hydrogens is 257 g/mol. The number of hydrogen-bond donors (Lipinski definition) is 2. The van der Waals surface area contributed by atoms with Crippen molar-refractivity contribution in [2.45, 2.75) is 33.1 Å². The lowest BCUT2D eigenvalue weighted by molar-refractivity contribution is -0.119. The molecule has 0 bridgehead atoms. The fourth-order valence-electron chi connectivity index (χ4n) is 1.76. The number of anilines is 1. The summed E-state index contributed by atoms with van der Waals surface area (Å²) in [6.45, 7) is 3.84. The Kier molecular flexibility index (Phi) is 6.75. The second kappa shape index (κ2) is 8.34. The first-order chi connectivity index (χ1) is 9.58. The Bertz CT molecular complexity index is 517. The van der Waals surface area contributed by atoms with Crippen LogP contribution in [0.2, 0.25) is 0 Å². The fraction of sp³-hybridized carbons (Fsp3) is 0.438. The van der Waals surface area contributed by atoms with E-state index in [0.29, 0.717) is 17.7 Å². The van der Waals surface area contributed by atoms with Gasteiger partial charge in [-0.15, -0.1) is 0 Å². The molecule has 1 unspecified atom stereocenters. The molecule has 0 saturated carbocycles. The van der Waals surface area contributed by atoms with Gasteiger partial charge in [0.05, 0.1) is 17.9 Å². The quantitative estimate of drug-likeness (QED) is 0.813. The molecule has 0 heterocycles. The number of aliphatic hydroxyl groups is 1. The van der Waals surface area contributed by atoms with Gasteiger partial charge in [-0.25, -0.2) is 4.39 Å². The van der Waals surface area contributed by atoms with Crippen molar-refractivity contribution in [3.8, 4) is 11.8 Å². The highest BCUT2D eigenvalue weighted by molar-refractivity contribution is 5.93. The van der Waals surface area contributed by atoms with Crippen molar-refractivity contribution in [3.05, 3.63) is 29.6 Å². The Hall–Kier alpha value is -1.86. The summed E-state index contributed by atoms with van der Waals surface area (Å²) in [7, 11) is 0. The van der Waals surface area contributed by atoms with E-state index in [1.54, 1.807) is 0 Å². The summed E-state index contributed by atoms with van der Waals surface area (Å²) in [5.41, 5.74) is 0.931. The van der Waals surface area contributed by atoms with Crippen LogP contribution in [0.1, 0.15) is 38.7 Å². The van der Waals surface area contributed by atoms with Crippen LogP contribution in [0.4, 0.5) is 10.1 Å². The Morgan fingerprint density at radius 2 is 2.25 bits per heavy atom. The standard InChI is InChI=1S/C16H20FNO2/c1-3-6-12(2)16(20)18-15-9-8-14(17)11-13(15)7-4-5-10-19/h8-9,11-12,19H,3,5-6,10H2,1-2H3,(H,18,20). The SMILES string of the molecule is CCCC(C)C(=O)Nc1ccc(F)cc1C#CCCO. The summed E-state index contributed by atoms with van der Waals surface area (Å²) in [5.74, 6) is 4.90. The van der Waals surface area contributed by atoms with Gasteiger partial charge in [0, 0.05) is 12.3 Å². The van der Waals surface area contributed by atoms with Gasteiger partial charge in [-0.05, 0) is 24.6 Å². The number of carbonyl (C=O) groups excluding carboxylic acids is 1. The third-order valence-corrected chi connectivity index (χ3v) is 2.87. The minimum atomic E-state index is -0.405. The van der Waals surface area contributed by atoms with E-state index in [1.807, 2.05) is 13.8 Å². The number of halogens is 1. The van der Waals surface area contributed by atoms with Crippen molar-refractivity contribution in [1.82, 2.24) is 0 Å². The summed E-state index contributed by atoms with van der Waals surface area (Å²) in [6.07, 6.45) is 2.05. The molecule has 1 aromatic carbocycles. The molecule has 1 atom stereocenters. The van der Waals surface area contributed by atoms with Crippen LogP contribution in [0.3, 0.4) is 0 Å². The topological polar surface area (TPSA) is 49.3 Å². The number of nitrogens with one attached hydrogen (secondary N) is 1. The predicted octanol–water partition coefficient (Wildman–Crippen LogP) is 2.93. The van der Waals surface area contributed by atoms with Crippen LogP contribution in [0.15, 0.2) is 18.2 Å². The normalized spacial score (nSPS) is 11.4. The lowest BCUT2D eigenvalue weighted by Gasteiger charge is -2.12. The van der Waals surface area contributed by atoms with Crippen molar-refractivity contribution in [2.24, 2.45) is 5.92 Å². The van der Waals surface area contributed by atoms with E-state index < -0.39 is 5.82 Å². The van der Waals surface area contributed by atoms with Crippen LogP contribution in [-0.2, 0) is 4.79 Å². The van der Waals surface area contributed by atoms with E-state index in [4.69, 9.17) is 5.11 Å². The number of rotatable bonds is 5. The molecule has 0 fully saturated rings. The Morgan fingerprint density at radius 1 is 1.50 bits per heavy atom. The zero-order valence-electron chi connectivity index (χ0n) is 11.9. The monoisotopic (exact) mass is 277 g/mol. The molecule has 0 aliphatic carbocycles. The van der Waals surface area contributed by atoms with Crippen LogP contribution in [0.5, 0.6) is 0 Å². The summed E-state index contributed by atoms with van der Waals surface area (Å²) in [6, 6.07) is 4.08. The minimum absolute atomic E-state index is 0.0441. The molecule has 0 aromatic heterocycles. The highest BCUT2D eigenvalue weighted by Crippen LogP contribution is 2.18. The van der Waals surface area contributed by atoms with Crippen molar-refractivity contribution in [1.29, 1.82) is 0 Å². The maximum absolute atomic E-state index is 13.2. The van der Waals surface area contributed by atoms with E-state index in [9.17, 15) is 9.18 Å². The van der Waals surface area contributed by atoms with E-state index in [0.717, 1.165) is 12.8 Å². The molecule has 1 aromatic rings. The minimum Gasteiger partial charge on any atom is -0.395 e. The molecule has 3 nitrogen and oxygen atoms in total. The van der Waals surface area contributed by atoms with Gasteiger partial charge < -0.3 is 10.4 Å². The molecule has 1 rings (SSSR count). The number of aliphatic hydroxyl groups excluding tert-OH is 1. The number of carbonyl (C=O) groups is 1. The van der Waals surface area contributed by atoms with E-state index in [1.165, 1.54) is 18.2 Å². The Labute approximate surface area is 119 Å². The first-order valence-electron chi connectivity index (χ1n) is 6.78. The molecule has 2 N–H and O–H groups in total. The van der Waals surface area contributed by atoms with Gasteiger partial charge in [-0.3, -0.25) is 4.79 Å². The lowest BCUT2D eigenvalue weighted by Crippen LogP contribution is -2.20. The second-order valence-corrected chi connectivity index (χ2v) is 4.64. The lowest BCUT2D eigenvalue weighted by atomic mass is 10.0. The van der Waals surface area contributed by atoms with Crippen LogP contribution in [0.25, 0.3) is 0 Å². The Balaban J connectivity index is 2.89. The van der Waals surface area contributed by atoms with E-state index in [-0.39, 0.29) is 18.4 Å². The highest BCUT2D eigenvalue weighted by atomic mass is 19.1. The largest absolute Gasteiger partial charge is 0.395 e. The Morgan fingerprint density at radius 3 is 2.90 bits per heavy atom. The molecule has 20 heavy (non-hydrogen) atoms. The summed E-state index contributed by atoms with van der Waals surface area (Å²) >= 11 is 0. The summed E-state index contributed by atoms with van der Waals surface area (Å²) in [5, 5.41) is 11.5. The molecule has 0 radical (unpaired) electrons. The maximum atomic E-state index is 13.2. The van der Waals surface area contributed by atoms with Crippen molar-refractivity contribution >= 4 is 11.6 Å². The summed E-state index contributed by atoms with van der Waals surface area (Å²) in [4.78, 5) is 12.0. The van der Waals surface area contributed by atoms with Gasteiger partial charge in [0.1, 0.15) is 5.82 Å². The molecule has 108 valence electrons. The highest BCUT2D eigenvalue weighted by Gasteiger charge is 2.13. The molecular formula is C16H20FNO2. The molecule has 0 aliphatic heterocycles. The first kappa shape index (κ1) is 16.2. The molecule has 0 aliphatic rings. The third kappa shape index (κ3) is 5.02. The third-order valence-electron chi connectivity index (χ3n) is 2.87. The molecule has 1 amide bonds. The van der Waals surface area contributed by atoms with Gasteiger partial charge in [0.25, 0.3) is 0 Å². The van der Waals surface area contributed by atoms with Crippen LogP contribution in [0, 0.1) is 23.6 Å². The first-order valence-corrected chi connectivity index (χ1v) is 6.78. The van der Waals surface area contributed by atoms with E-state index in [2.05, 4.69) is 17.2 Å². The molecule has 4 heteroatoms. The van der Waals surface area contributed by atoms with E-state index >= 15 is 0 Å². The van der Waals surface area contributed by atoms with Crippen LogP contribution in [-0.4, -0.2) is 17.6 Å². The fourth-order valence-corrected chi connectivity index (χ4v) is 1.76. The average Bonchev–Trinajstić information content (AvgIpc) is 2.42. The van der Waals surface area contributed by atoms with Crippen LogP contribution < -0.4 is 5.32 Å². The molecule has 0 saturated heterocycles. The van der Waals surface area contributed by atoms with Gasteiger partial charge in [0.15, 0.2) is 0 Å². The van der Waals surface area contributed by atoms with Gasteiger partial charge in [0.2, 0.25) is 5.91 Å². The van der Waals surface area contributed by atoms with Crippen LogP contribution >= 0.6 is 0 Å². The number of amides is 1. The smallest absolute Gasteiger partial charge is 0.227 e. The van der Waals surface area contributed by atoms with Crippen molar-refractivity contribution in [2.75, 3.05) is 11.9 Å². The number of hydrogen-bond acceptors (Lipinski definition) is 2. The van der Waals surface area contributed by atoms with Crippen molar-refractivity contribution in [3.63, 3.8) is 0 Å². The summed E-state index contributed by atoms with van der Waals surface area (Å²) < 4.78 is 13.2. The van der Waals surface area contributed by atoms with Gasteiger partial charge in [-0.1, -0.05) is 32.1 Å². The molecule has 0 spiro atoms. The predicted molar refractivity (Wildman–Crippen MR) is 77.7 cm³/mol. The zero-order valence-corrected chi connectivity index (χ0v) is 11.9. The van der Waals surface area contributed by atoms with Crippen molar-refractivity contribution < 1.29 is 14.3 Å². The zero-order chi connectivity index (χ0) is 15.0. The second-order valence-electron chi connectivity index (χ2n) is 4.64. The number of benzene rings is 1. The maximum Gasteiger partial charge on any atom is 0.227 e. The van der Waals surface area contributed by atoms with Gasteiger partial charge in [-0.2, -0.15) is 0 Å². The average molecular weight is 277 g/mol. The van der Waals surface area contributed by atoms with Gasteiger partial charge >= 0.3 is 0 Å².